The van der Waals surface area contributed by atoms with Crippen molar-refractivity contribution in [2.75, 3.05) is 39.3 Å². The van der Waals surface area contributed by atoms with Crippen LogP contribution in [0.3, 0.4) is 0 Å². The molecule has 11 heteroatoms. The molecule has 6 nitrogen and oxygen atoms in total. The lowest BCUT2D eigenvalue weighted by molar-refractivity contribution is 0.0403. The van der Waals surface area contributed by atoms with Crippen molar-refractivity contribution in [1.29, 1.82) is 0 Å². The van der Waals surface area contributed by atoms with E-state index in [9.17, 15) is 9.90 Å². The van der Waals surface area contributed by atoms with Gasteiger partial charge in [-0.1, -0.05) is 42.5 Å². The fraction of sp³-hybridized carbons (Fsp3) is 0.344. The number of aromatic amines is 1. The molecule has 7 rings (SSSR count). The maximum atomic E-state index is 15.6. The predicted molar refractivity (Wildman–Crippen MR) is 171 cm³/mol. The van der Waals surface area contributed by atoms with Crippen LogP contribution >= 0.6 is 37.2 Å². The minimum Gasteiger partial charge on any atom is -0.490 e. The number of ether oxygens (including phenoxy) is 1. The Bertz CT molecular complexity index is 1650. The van der Waals surface area contributed by atoms with Crippen LogP contribution in [0.2, 0.25) is 0 Å². The second-order valence-electron chi connectivity index (χ2n) is 11.1. The number of rotatable bonds is 6. The summed E-state index contributed by atoms with van der Waals surface area (Å²) in [4.78, 5) is 18.9. The van der Waals surface area contributed by atoms with E-state index in [1.165, 1.54) is 6.07 Å². The number of β-amino-alcohol motifs (C(OH)–C–C–N with tert-alkyl or cyclic N) is 1. The number of hydrogen-bond donors (Lipinski definition) is 2. The molecule has 4 atom stereocenters. The number of alkyl halides is 2. The van der Waals surface area contributed by atoms with E-state index in [1.54, 1.807) is 18.2 Å². The van der Waals surface area contributed by atoms with Gasteiger partial charge in [-0.3, -0.25) is 14.6 Å². The number of pyridine rings is 1. The third kappa shape index (κ3) is 6.27. The largest absolute Gasteiger partial charge is 0.490 e. The Balaban J connectivity index is 0.00000141. The first-order valence-corrected chi connectivity index (χ1v) is 13.9. The van der Waals surface area contributed by atoms with Crippen LogP contribution in [0.4, 0.5) is 8.78 Å². The van der Waals surface area contributed by atoms with Crippen molar-refractivity contribution < 1.29 is 18.6 Å². The zero-order valence-electron chi connectivity index (χ0n) is 23.2. The van der Waals surface area contributed by atoms with E-state index in [0.29, 0.717) is 42.0 Å². The minimum atomic E-state index is -1.68. The zero-order chi connectivity index (χ0) is 27.4. The first-order chi connectivity index (χ1) is 19.5. The molecular weight excluding hydrogens is 619 g/mol. The fourth-order valence-corrected chi connectivity index (χ4v) is 6.49. The Labute approximate surface area is 267 Å². The Morgan fingerprint density at radius 2 is 1.60 bits per heavy atom. The smallest absolute Gasteiger partial charge is 0.248 e. The van der Waals surface area contributed by atoms with Crippen LogP contribution in [0.25, 0.3) is 10.9 Å². The maximum Gasteiger partial charge on any atom is 0.248 e. The van der Waals surface area contributed by atoms with Crippen molar-refractivity contribution in [3.8, 4) is 5.75 Å². The minimum absolute atomic E-state index is 0. The average molecular weight is 653 g/mol. The molecule has 4 aromatic rings. The molecule has 2 N–H and O–H groups in total. The van der Waals surface area contributed by atoms with E-state index in [1.807, 2.05) is 36.4 Å². The number of H-pyrrole nitrogens is 1. The molecule has 0 amide bonds. The number of fused-ring (bicyclic) bond motifs is 5. The molecule has 230 valence electrons. The average Bonchev–Trinajstić information content (AvgIpc) is 3.77. The standard InChI is InChI=1S/C32H31F2N3O3.3ClH/c33-30-21-4-1-2-5-22(21)32(24-9-8-19-16-25(19)29(24)31(30)34)37-14-12-36(13-15-37)17-20(38)18-40-27-7-3-6-26-23(27)10-11-28(39)35-26;;;/h1-11,20,30-32,38H,12-18H2,(H,35,39);3*1H/t20-,30?,31?,32?;;;/m1.../s1. The first kappa shape index (κ1) is 33.2. The van der Waals surface area contributed by atoms with Gasteiger partial charge in [-0.05, 0) is 58.0 Å². The lowest BCUT2D eigenvalue weighted by Crippen LogP contribution is -2.50. The molecule has 0 saturated carbocycles. The van der Waals surface area contributed by atoms with E-state index in [4.69, 9.17) is 4.74 Å². The van der Waals surface area contributed by atoms with Crippen LogP contribution in [-0.4, -0.2) is 65.3 Å². The molecule has 0 spiro atoms. The number of hydrogen-bond acceptors (Lipinski definition) is 5. The third-order valence-electron chi connectivity index (χ3n) is 8.54. The van der Waals surface area contributed by atoms with Gasteiger partial charge in [0.25, 0.3) is 0 Å². The summed E-state index contributed by atoms with van der Waals surface area (Å²) < 4.78 is 37.0. The Morgan fingerprint density at radius 3 is 2.37 bits per heavy atom. The van der Waals surface area contributed by atoms with Crippen LogP contribution in [0.15, 0.2) is 71.5 Å². The normalized spacial score (nSPS) is 21.5. The second kappa shape index (κ2) is 13.5. The molecule has 1 aromatic heterocycles. The number of piperazine rings is 1. The zero-order valence-corrected chi connectivity index (χ0v) is 25.7. The molecule has 1 fully saturated rings. The number of nitrogens with one attached hydrogen (secondary N) is 1. The molecule has 3 aliphatic rings. The summed E-state index contributed by atoms with van der Waals surface area (Å²) in [6, 6.07) is 19.9. The third-order valence-corrected chi connectivity index (χ3v) is 8.54. The van der Waals surface area contributed by atoms with Gasteiger partial charge in [0.2, 0.25) is 5.56 Å². The van der Waals surface area contributed by atoms with Crippen molar-refractivity contribution in [2.45, 2.75) is 30.9 Å². The Kier molecular flexibility index (Phi) is 10.4. The number of benzene rings is 3. The number of aliphatic hydroxyl groups excluding tert-OH is 1. The van der Waals surface area contributed by atoms with Gasteiger partial charge in [0.05, 0.1) is 11.6 Å². The van der Waals surface area contributed by atoms with Crippen molar-refractivity contribution in [3.05, 3.63) is 110 Å². The van der Waals surface area contributed by atoms with Gasteiger partial charge in [0.1, 0.15) is 18.5 Å². The van der Waals surface area contributed by atoms with E-state index in [2.05, 4.69) is 20.9 Å². The molecule has 2 aliphatic carbocycles. The second-order valence-corrected chi connectivity index (χ2v) is 11.1. The lowest BCUT2D eigenvalue weighted by Gasteiger charge is -2.40. The van der Waals surface area contributed by atoms with Crippen molar-refractivity contribution in [1.82, 2.24) is 14.8 Å². The molecule has 2 heterocycles. The van der Waals surface area contributed by atoms with Crippen molar-refractivity contribution in [3.63, 3.8) is 0 Å². The van der Waals surface area contributed by atoms with Crippen LogP contribution in [0.1, 0.15) is 51.8 Å². The molecule has 43 heavy (non-hydrogen) atoms. The van der Waals surface area contributed by atoms with E-state index < -0.39 is 18.4 Å². The van der Waals surface area contributed by atoms with E-state index in [0.717, 1.165) is 47.2 Å². The Morgan fingerprint density at radius 1 is 0.860 bits per heavy atom. The van der Waals surface area contributed by atoms with E-state index >= 15 is 8.78 Å². The number of aromatic nitrogens is 1. The van der Waals surface area contributed by atoms with Gasteiger partial charge in [0.15, 0.2) is 12.3 Å². The maximum absolute atomic E-state index is 15.6. The number of aliphatic hydroxyl groups is 1. The lowest BCUT2D eigenvalue weighted by atomic mass is 9.92. The van der Waals surface area contributed by atoms with Crippen LogP contribution < -0.4 is 10.3 Å². The molecule has 0 radical (unpaired) electrons. The summed E-state index contributed by atoms with van der Waals surface area (Å²) in [6.07, 6.45) is -3.28. The van der Waals surface area contributed by atoms with Crippen molar-refractivity contribution in [2.24, 2.45) is 0 Å². The first-order valence-electron chi connectivity index (χ1n) is 13.9. The van der Waals surface area contributed by atoms with Gasteiger partial charge in [-0.2, -0.15) is 0 Å². The summed E-state index contributed by atoms with van der Waals surface area (Å²) in [5, 5.41) is 11.6. The van der Waals surface area contributed by atoms with Gasteiger partial charge in [0, 0.05) is 44.2 Å². The van der Waals surface area contributed by atoms with Crippen LogP contribution in [0.5, 0.6) is 5.75 Å². The topological polar surface area (TPSA) is 68.8 Å². The molecule has 3 unspecified atom stereocenters. The van der Waals surface area contributed by atoms with Crippen LogP contribution in [-0.2, 0) is 6.42 Å². The molecular formula is C32H34Cl3F2N3O3. The summed E-state index contributed by atoms with van der Waals surface area (Å²) in [5.41, 5.74) is 5.34. The fourth-order valence-electron chi connectivity index (χ4n) is 6.49. The molecule has 3 aromatic carbocycles. The highest BCUT2D eigenvalue weighted by atomic mass is 35.5. The summed E-state index contributed by atoms with van der Waals surface area (Å²) in [7, 11) is 0. The van der Waals surface area contributed by atoms with E-state index in [-0.39, 0.29) is 55.4 Å². The highest BCUT2D eigenvalue weighted by molar-refractivity contribution is 5.86. The predicted octanol–water partition coefficient (Wildman–Crippen LogP) is 5.88. The number of nitrogens with zero attached hydrogens (tertiary/aromatic N) is 2. The monoisotopic (exact) mass is 651 g/mol. The SMILES string of the molecule is Cl.Cl.Cl.O=c1ccc2c(OC[C@H](O)CN3CCN(C4c5ccccc5C(F)C(F)c5c4ccc4c5C4)CC3)cccc2[nH]1. The van der Waals surface area contributed by atoms with Crippen molar-refractivity contribution >= 4 is 48.1 Å². The molecule has 0 bridgehead atoms. The molecule has 1 aliphatic heterocycles. The van der Waals surface area contributed by atoms with Gasteiger partial charge in [-0.15, -0.1) is 37.2 Å². The molecule has 1 saturated heterocycles. The summed E-state index contributed by atoms with van der Waals surface area (Å²) in [6.45, 7) is 3.47. The summed E-state index contributed by atoms with van der Waals surface area (Å²) in [5.74, 6) is 0.612. The van der Waals surface area contributed by atoms with Gasteiger partial charge >= 0.3 is 0 Å². The van der Waals surface area contributed by atoms with Crippen LogP contribution in [0, 0.1) is 0 Å². The number of halogens is 5. The highest BCUT2D eigenvalue weighted by Gasteiger charge is 2.42. The quantitative estimate of drug-likeness (QED) is 0.240. The summed E-state index contributed by atoms with van der Waals surface area (Å²) >= 11 is 0. The highest BCUT2D eigenvalue weighted by Crippen LogP contribution is 2.52. The Hall–Kier alpha value is -2.72. The van der Waals surface area contributed by atoms with Gasteiger partial charge in [-0.25, -0.2) is 8.78 Å². The van der Waals surface area contributed by atoms with Gasteiger partial charge < -0.3 is 14.8 Å².